The first-order valence-corrected chi connectivity index (χ1v) is 6.16. The van der Waals surface area contributed by atoms with E-state index >= 15 is 0 Å². The monoisotopic (exact) mass is 254 g/mol. The van der Waals surface area contributed by atoms with Crippen LogP contribution in [0.5, 0.6) is 0 Å². The Labute approximate surface area is 105 Å². The van der Waals surface area contributed by atoms with Gasteiger partial charge in [-0.3, -0.25) is 4.79 Å². The number of hydrogen-bond donors (Lipinski definition) is 1. The number of amides is 1. The Morgan fingerprint density at radius 3 is 2.83 bits per heavy atom. The predicted molar refractivity (Wildman–Crippen MR) is 63.1 cm³/mol. The SMILES string of the molecule is CCCC1(CNC(=O)c2ccnc(F)c2F)CC1. The van der Waals surface area contributed by atoms with Crippen molar-refractivity contribution in [1.29, 1.82) is 0 Å². The Morgan fingerprint density at radius 2 is 2.22 bits per heavy atom. The fourth-order valence-electron chi connectivity index (χ4n) is 2.18. The largest absolute Gasteiger partial charge is 0.351 e. The van der Waals surface area contributed by atoms with Gasteiger partial charge in [-0.1, -0.05) is 13.3 Å². The molecular formula is C13H16F2N2O. The molecule has 1 heterocycles. The van der Waals surface area contributed by atoms with E-state index in [-0.39, 0.29) is 11.0 Å². The van der Waals surface area contributed by atoms with Crippen molar-refractivity contribution in [2.45, 2.75) is 32.6 Å². The van der Waals surface area contributed by atoms with Crippen LogP contribution in [0.2, 0.25) is 0 Å². The molecule has 1 amide bonds. The summed E-state index contributed by atoms with van der Waals surface area (Å²) in [7, 11) is 0. The highest BCUT2D eigenvalue weighted by molar-refractivity contribution is 5.94. The van der Waals surface area contributed by atoms with E-state index in [9.17, 15) is 13.6 Å². The molecule has 0 radical (unpaired) electrons. The zero-order valence-corrected chi connectivity index (χ0v) is 10.3. The summed E-state index contributed by atoms with van der Waals surface area (Å²) >= 11 is 0. The molecule has 1 N–H and O–H groups in total. The topological polar surface area (TPSA) is 42.0 Å². The smallest absolute Gasteiger partial charge is 0.254 e. The highest BCUT2D eigenvalue weighted by Gasteiger charge is 2.41. The molecule has 1 saturated carbocycles. The lowest BCUT2D eigenvalue weighted by atomic mass is 10.0. The molecule has 0 saturated heterocycles. The standard InChI is InChI=1S/C13H16F2N2O/c1-2-4-13(5-6-13)8-17-12(18)9-3-7-16-11(15)10(9)14/h3,7H,2,4-6,8H2,1H3,(H,17,18). The molecule has 1 fully saturated rings. The highest BCUT2D eigenvalue weighted by atomic mass is 19.2. The molecule has 3 nitrogen and oxygen atoms in total. The van der Waals surface area contributed by atoms with Crippen molar-refractivity contribution in [1.82, 2.24) is 10.3 Å². The minimum Gasteiger partial charge on any atom is -0.351 e. The fraction of sp³-hybridized carbons (Fsp3) is 0.538. The van der Waals surface area contributed by atoms with Gasteiger partial charge in [-0.15, -0.1) is 0 Å². The van der Waals surface area contributed by atoms with Gasteiger partial charge in [0, 0.05) is 12.7 Å². The third-order valence-corrected chi connectivity index (χ3v) is 3.45. The van der Waals surface area contributed by atoms with Crippen molar-refractivity contribution in [3.8, 4) is 0 Å². The van der Waals surface area contributed by atoms with E-state index in [1.54, 1.807) is 0 Å². The first-order valence-electron chi connectivity index (χ1n) is 6.16. The summed E-state index contributed by atoms with van der Waals surface area (Å²) in [4.78, 5) is 14.9. The number of aromatic nitrogens is 1. The summed E-state index contributed by atoms with van der Waals surface area (Å²) in [5.74, 6) is -3.00. The molecule has 0 bridgehead atoms. The molecule has 1 aliphatic carbocycles. The second kappa shape index (κ2) is 5.00. The van der Waals surface area contributed by atoms with Crippen LogP contribution < -0.4 is 5.32 Å². The Bertz CT molecular complexity index is 458. The molecule has 1 aliphatic rings. The maximum absolute atomic E-state index is 13.3. The van der Waals surface area contributed by atoms with Crippen molar-refractivity contribution >= 4 is 5.91 Å². The molecule has 5 heteroatoms. The van der Waals surface area contributed by atoms with E-state index in [1.807, 2.05) is 0 Å². The predicted octanol–water partition coefficient (Wildman–Crippen LogP) is 2.67. The molecule has 1 aromatic heterocycles. The number of carbonyl (C=O) groups excluding carboxylic acids is 1. The molecule has 0 aliphatic heterocycles. The first kappa shape index (κ1) is 12.9. The molecule has 0 spiro atoms. The van der Waals surface area contributed by atoms with E-state index in [0.717, 1.165) is 31.9 Å². The summed E-state index contributed by atoms with van der Waals surface area (Å²) in [6.45, 7) is 2.63. The highest BCUT2D eigenvalue weighted by Crippen LogP contribution is 2.48. The first-order chi connectivity index (χ1) is 8.58. The number of rotatable bonds is 5. The van der Waals surface area contributed by atoms with Crippen molar-refractivity contribution in [2.75, 3.05) is 6.54 Å². The summed E-state index contributed by atoms with van der Waals surface area (Å²) in [5, 5.41) is 2.68. The lowest BCUT2D eigenvalue weighted by Crippen LogP contribution is -2.31. The average Bonchev–Trinajstić information content (AvgIpc) is 3.11. The number of hydrogen-bond acceptors (Lipinski definition) is 2. The van der Waals surface area contributed by atoms with Gasteiger partial charge >= 0.3 is 0 Å². The summed E-state index contributed by atoms with van der Waals surface area (Å²) < 4.78 is 26.2. The second-order valence-electron chi connectivity index (χ2n) is 4.90. The van der Waals surface area contributed by atoms with Crippen molar-refractivity contribution in [3.05, 3.63) is 29.6 Å². The van der Waals surface area contributed by atoms with Gasteiger partial charge in [-0.05, 0) is 30.7 Å². The van der Waals surface area contributed by atoms with Crippen LogP contribution in [0.15, 0.2) is 12.3 Å². The van der Waals surface area contributed by atoms with Gasteiger partial charge in [0.1, 0.15) is 0 Å². The molecule has 98 valence electrons. The minimum absolute atomic E-state index is 0.187. The number of pyridine rings is 1. The van der Waals surface area contributed by atoms with Gasteiger partial charge in [0.2, 0.25) is 5.95 Å². The van der Waals surface area contributed by atoms with Gasteiger partial charge in [0.05, 0.1) is 5.56 Å². The Morgan fingerprint density at radius 1 is 1.50 bits per heavy atom. The van der Waals surface area contributed by atoms with E-state index in [4.69, 9.17) is 0 Å². The maximum atomic E-state index is 13.3. The Balaban J connectivity index is 1.98. The van der Waals surface area contributed by atoms with Crippen LogP contribution in [0, 0.1) is 17.2 Å². The Kier molecular flexibility index (Phi) is 3.59. The number of carbonyl (C=O) groups is 1. The number of nitrogens with zero attached hydrogens (tertiary/aromatic N) is 1. The van der Waals surface area contributed by atoms with Gasteiger partial charge in [0.25, 0.3) is 5.91 Å². The number of halogens is 2. The molecule has 0 unspecified atom stereocenters. The fourth-order valence-corrected chi connectivity index (χ4v) is 2.18. The average molecular weight is 254 g/mol. The lowest BCUT2D eigenvalue weighted by molar-refractivity contribution is 0.0938. The van der Waals surface area contributed by atoms with Crippen molar-refractivity contribution in [2.24, 2.45) is 5.41 Å². The second-order valence-corrected chi connectivity index (χ2v) is 4.90. The van der Waals surface area contributed by atoms with Crippen LogP contribution in [0.3, 0.4) is 0 Å². The quantitative estimate of drug-likeness (QED) is 0.821. The molecule has 0 aromatic carbocycles. The van der Waals surface area contributed by atoms with E-state index in [2.05, 4.69) is 17.2 Å². The van der Waals surface area contributed by atoms with Crippen LogP contribution in [0.1, 0.15) is 43.0 Å². The normalized spacial score (nSPS) is 16.4. The molecule has 1 aromatic rings. The van der Waals surface area contributed by atoms with E-state index in [1.165, 1.54) is 6.07 Å². The van der Waals surface area contributed by atoms with Crippen LogP contribution in [-0.2, 0) is 0 Å². The van der Waals surface area contributed by atoms with Crippen molar-refractivity contribution in [3.63, 3.8) is 0 Å². The van der Waals surface area contributed by atoms with Gasteiger partial charge < -0.3 is 5.32 Å². The van der Waals surface area contributed by atoms with Gasteiger partial charge in [-0.25, -0.2) is 9.37 Å². The third kappa shape index (κ3) is 2.66. The third-order valence-electron chi connectivity index (χ3n) is 3.45. The van der Waals surface area contributed by atoms with Crippen molar-refractivity contribution < 1.29 is 13.6 Å². The molecule has 18 heavy (non-hydrogen) atoms. The zero-order valence-electron chi connectivity index (χ0n) is 10.3. The lowest BCUT2D eigenvalue weighted by Gasteiger charge is -2.15. The summed E-state index contributed by atoms with van der Waals surface area (Å²) in [5.41, 5.74) is -0.0956. The zero-order chi connectivity index (χ0) is 13.2. The van der Waals surface area contributed by atoms with E-state index in [0.29, 0.717) is 6.54 Å². The van der Waals surface area contributed by atoms with Crippen LogP contribution in [0.4, 0.5) is 8.78 Å². The Hall–Kier alpha value is -1.52. The van der Waals surface area contributed by atoms with Crippen LogP contribution in [-0.4, -0.2) is 17.4 Å². The van der Waals surface area contributed by atoms with Crippen LogP contribution in [0.25, 0.3) is 0 Å². The van der Waals surface area contributed by atoms with Gasteiger partial charge in [0.15, 0.2) is 5.82 Å². The maximum Gasteiger partial charge on any atom is 0.254 e. The van der Waals surface area contributed by atoms with Crippen LogP contribution >= 0.6 is 0 Å². The minimum atomic E-state index is -1.24. The summed E-state index contributed by atoms with van der Waals surface area (Å²) in [6, 6.07) is 1.19. The van der Waals surface area contributed by atoms with E-state index < -0.39 is 17.7 Å². The van der Waals surface area contributed by atoms with Gasteiger partial charge in [-0.2, -0.15) is 4.39 Å². The summed E-state index contributed by atoms with van der Waals surface area (Å²) in [6.07, 6.45) is 5.39. The molecule has 0 atom stereocenters. The number of nitrogens with one attached hydrogen (secondary N) is 1. The molecular weight excluding hydrogens is 238 g/mol. The molecule has 2 rings (SSSR count).